The SMILES string of the molecule is CC1CCC(C(C)(C)C23C=CC(CC2)C3)CC1. The minimum absolute atomic E-state index is 0.537. The summed E-state index contributed by atoms with van der Waals surface area (Å²) in [5.74, 6) is 2.88. The predicted molar refractivity (Wildman–Crippen MR) is 73.8 cm³/mol. The zero-order chi connectivity index (χ0) is 12.1. The zero-order valence-corrected chi connectivity index (χ0v) is 11.8. The molecular weight excluding hydrogens is 204 g/mol. The second-order valence-corrected chi connectivity index (χ2v) is 7.70. The lowest BCUT2D eigenvalue weighted by molar-refractivity contribution is 0.0268. The second-order valence-electron chi connectivity index (χ2n) is 7.70. The van der Waals surface area contributed by atoms with Crippen molar-refractivity contribution in [2.45, 2.75) is 65.7 Å². The van der Waals surface area contributed by atoms with Crippen LogP contribution in [0.3, 0.4) is 0 Å². The molecule has 0 aromatic heterocycles. The summed E-state index contributed by atoms with van der Waals surface area (Å²) in [6.45, 7) is 7.58. The lowest BCUT2D eigenvalue weighted by Gasteiger charge is -2.49. The van der Waals surface area contributed by atoms with Gasteiger partial charge in [-0.1, -0.05) is 45.8 Å². The van der Waals surface area contributed by atoms with Gasteiger partial charge in [-0.2, -0.15) is 0 Å². The van der Waals surface area contributed by atoms with E-state index in [0.29, 0.717) is 10.8 Å². The van der Waals surface area contributed by atoms with Crippen molar-refractivity contribution in [3.05, 3.63) is 12.2 Å². The van der Waals surface area contributed by atoms with E-state index in [1.807, 2.05) is 0 Å². The highest BCUT2D eigenvalue weighted by atomic mass is 14.6. The van der Waals surface area contributed by atoms with E-state index in [4.69, 9.17) is 0 Å². The lowest BCUT2D eigenvalue weighted by Crippen LogP contribution is -2.41. The van der Waals surface area contributed by atoms with Crippen LogP contribution in [0.15, 0.2) is 12.2 Å². The highest BCUT2D eigenvalue weighted by molar-refractivity contribution is 5.20. The van der Waals surface area contributed by atoms with Crippen LogP contribution in [0.4, 0.5) is 0 Å². The maximum absolute atomic E-state index is 2.61. The van der Waals surface area contributed by atoms with Crippen LogP contribution in [0.25, 0.3) is 0 Å². The lowest BCUT2D eigenvalue weighted by atomic mass is 9.55. The van der Waals surface area contributed by atoms with Crippen molar-refractivity contribution < 1.29 is 0 Å². The first-order valence-corrected chi connectivity index (χ1v) is 7.73. The zero-order valence-electron chi connectivity index (χ0n) is 11.8. The Bertz CT molecular complexity index is 317. The highest BCUT2D eigenvalue weighted by Crippen LogP contribution is 2.62. The van der Waals surface area contributed by atoms with Crippen molar-refractivity contribution in [1.82, 2.24) is 0 Å². The molecule has 0 aromatic carbocycles. The van der Waals surface area contributed by atoms with E-state index in [2.05, 4.69) is 32.9 Å². The average molecular weight is 232 g/mol. The van der Waals surface area contributed by atoms with Crippen LogP contribution >= 0.6 is 0 Å². The molecule has 2 atom stereocenters. The van der Waals surface area contributed by atoms with Gasteiger partial charge in [-0.25, -0.2) is 0 Å². The van der Waals surface area contributed by atoms with E-state index in [-0.39, 0.29) is 0 Å². The quantitative estimate of drug-likeness (QED) is 0.574. The fraction of sp³-hybridized carbons (Fsp3) is 0.882. The molecule has 0 heteroatoms. The first-order valence-electron chi connectivity index (χ1n) is 7.73. The summed E-state index contributed by atoms with van der Waals surface area (Å²) in [5.41, 5.74) is 1.11. The molecule has 2 saturated carbocycles. The van der Waals surface area contributed by atoms with Crippen molar-refractivity contribution in [2.24, 2.45) is 28.6 Å². The van der Waals surface area contributed by atoms with Crippen LogP contribution in [0.5, 0.6) is 0 Å². The fourth-order valence-electron chi connectivity index (χ4n) is 4.94. The summed E-state index contributed by atoms with van der Waals surface area (Å²) >= 11 is 0. The molecule has 0 aromatic rings. The number of hydrogen-bond acceptors (Lipinski definition) is 0. The van der Waals surface area contributed by atoms with Crippen LogP contribution in [0.2, 0.25) is 0 Å². The Morgan fingerprint density at radius 1 is 1.06 bits per heavy atom. The van der Waals surface area contributed by atoms with Gasteiger partial charge in [0, 0.05) is 0 Å². The Morgan fingerprint density at radius 2 is 1.76 bits per heavy atom. The summed E-state index contributed by atoms with van der Waals surface area (Å²) in [6.07, 6.45) is 15.4. The van der Waals surface area contributed by atoms with Gasteiger partial charge in [-0.05, 0) is 60.7 Å². The summed E-state index contributed by atoms with van der Waals surface area (Å²) < 4.78 is 0. The van der Waals surface area contributed by atoms with E-state index in [1.54, 1.807) is 0 Å². The van der Waals surface area contributed by atoms with Gasteiger partial charge in [0.25, 0.3) is 0 Å². The minimum atomic E-state index is 0.537. The predicted octanol–water partition coefficient (Wildman–Crippen LogP) is 5.20. The molecule has 0 N–H and O–H groups in total. The Hall–Kier alpha value is -0.260. The molecule has 0 heterocycles. The van der Waals surface area contributed by atoms with E-state index >= 15 is 0 Å². The van der Waals surface area contributed by atoms with Crippen LogP contribution in [0.1, 0.15) is 65.7 Å². The molecule has 0 radical (unpaired) electrons. The Balaban J connectivity index is 1.79. The van der Waals surface area contributed by atoms with Crippen LogP contribution < -0.4 is 0 Å². The highest BCUT2D eigenvalue weighted by Gasteiger charge is 2.53. The van der Waals surface area contributed by atoms with E-state index in [1.165, 1.54) is 44.9 Å². The molecule has 2 fully saturated rings. The topological polar surface area (TPSA) is 0 Å². The molecule has 3 aliphatic rings. The first-order chi connectivity index (χ1) is 8.03. The van der Waals surface area contributed by atoms with Crippen molar-refractivity contribution in [3.8, 4) is 0 Å². The molecule has 2 bridgehead atoms. The Kier molecular flexibility index (Phi) is 2.69. The molecule has 0 nitrogen and oxygen atoms in total. The average Bonchev–Trinajstić information content (AvgIpc) is 2.91. The van der Waals surface area contributed by atoms with Crippen molar-refractivity contribution in [2.75, 3.05) is 0 Å². The Labute approximate surface area is 107 Å². The molecule has 96 valence electrons. The van der Waals surface area contributed by atoms with Gasteiger partial charge in [-0.15, -0.1) is 0 Å². The summed E-state index contributed by atoms with van der Waals surface area (Å²) in [6, 6.07) is 0. The van der Waals surface area contributed by atoms with Crippen molar-refractivity contribution in [1.29, 1.82) is 0 Å². The third kappa shape index (κ3) is 1.71. The molecule has 17 heavy (non-hydrogen) atoms. The number of hydrogen-bond donors (Lipinski definition) is 0. The van der Waals surface area contributed by atoms with Crippen LogP contribution in [-0.2, 0) is 0 Å². The van der Waals surface area contributed by atoms with E-state index in [9.17, 15) is 0 Å². The van der Waals surface area contributed by atoms with Gasteiger partial charge in [0.15, 0.2) is 0 Å². The third-order valence-electron chi connectivity index (χ3n) is 6.59. The molecule has 0 amide bonds. The Morgan fingerprint density at radius 3 is 2.24 bits per heavy atom. The largest absolute Gasteiger partial charge is 0.0848 e. The molecule has 0 aliphatic heterocycles. The van der Waals surface area contributed by atoms with Crippen molar-refractivity contribution >= 4 is 0 Å². The third-order valence-corrected chi connectivity index (χ3v) is 6.59. The number of rotatable bonds is 2. The number of fused-ring (bicyclic) bond motifs is 2. The number of allylic oxidation sites excluding steroid dienone is 2. The normalized spacial score (nSPS) is 45.5. The second kappa shape index (κ2) is 3.87. The molecule has 0 saturated heterocycles. The minimum Gasteiger partial charge on any atom is -0.0848 e. The maximum atomic E-state index is 2.61. The van der Waals surface area contributed by atoms with Crippen LogP contribution in [-0.4, -0.2) is 0 Å². The summed E-state index contributed by atoms with van der Waals surface area (Å²) in [4.78, 5) is 0. The van der Waals surface area contributed by atoms with Gasteiger partial charge >= 0.3 is 0 Å². The molecule has 2 unspecified atom stereocenters. The van der Waals surface area contributed by atoms with E-state index in [0.717, 1.165) is 17.8 Å². The maximum Gasteiger partial charge on any atom is -0.00586 e. The van der Waals surface area contributed by atoms with Gasteiger partial charge in [0.1, 0.15) is 0 Å². The summed E-state index contributed by atoms with van der Waals surface area (Å²) in [7, 11) is 0. The van der Waals surface area contributed by atoms with Crippen molar-refractivity contribution in [3.63, 3.8) is 0 Å². The van der Waals surface area contributed by atoms with Crippen LogP contribution in [0, 0.1) is 28.6 Å². The molecule has 3 rings (SSSR count). The first kappa shape index (κ1) is 11.8. The molecule has 3 aliphatic carbocycles. The van der Waals surface area contributed by atoms with Gasteiger partial charge in [0.05, 0.1) is 0 Å². The fourth-order valence-corrected chi connectivity index (χ4v) is 4.94. The molecule has 0 spiro atoms. The smallest absolute Gasteiger partial charge is 0.00586 e. The van der Waals surface area contributed by atoms with Gasteiger partial charge in [0.2, 0.25) is 0 Å². The molecular formula is C17H28. The summed E-state index contributed by atoms with van der Waals surface area (Å²) in [5, 5.41) is 0. The standard InChI is InChI=1S/C17H28/c1-13-4-6-15(7-5-13)16(2,3)17-10-8-14(12-17)9-11-17/h8,10,13-15H,4-7,9,11-12H2,1-3H3. The monoisotopic (exact) mass is 232 g/mol. The van der Waals surface area contributed by atoms with Gasteiger partial charge in [-0.3, -0.25) is 0 Å². The van der Waals surface area contributed by atoms with E-state index < -0.39 is 0 Å². The van der Waals surface area contributed by atoms with Gasteiger partial charge < -0.3 is 0 Å².